The highest BCUT2D eigenvalue weighted by atomic mass is 35.5. The zero-order valence-corrected chi connectivity index (χ0v) is 19.0. The second-order valence-corrected chi connectivity index (χ2v) is 8.14. The minimum Gasteiger partial charge on any atom is -0.507 e. The van der Waals surface area contributed by atoms with E-state index in [2.05, 4.69) is 4.98 Å². The molecule has 2 heterocycles. The molecule has 0 bridgehead atoms. The Morgan fingerprint density at radius 2 is 1.94 bits per heavy atom. The van der Waals surface area contributed by atoms with Crippen molar-refractivity contribution in [3.63, 3.8) is 0 Å². The van der Waals surface area contributed by atoms with Crippen molar-refractivity contribution in [3.8, 4) is 5.75 Å². The SMILES string of the molecule is CCOc1ccc(Cl)c(/C(O)=C2\C(=O)C(=O)N(Cc3ccccn3)C2c2cccc(C)c2)c1. The molecule has 0 aliphatic carbocycles. The zero-order chi connectivity index (χ0) is 23.5. The number of hydrogen-bond acceptors (Lipinski definition) is 5. The molecule has 0 radical (unpaired) electrons. The third-order valence-corrected chi connectivity index (χ3v) is 5.79. The molecule has 3 aromatic rings. The number of amides is 1. The summed E-state index contributed by atoms with van der Waals surface area (Å²) in [6.45, 7) is 4.32. The van der Waals surface area contributed by atoms with Crippen LogP contribution in [0.25, 0.3) is 5.76 Å². The molecular formula is C26H23ClN2O4. The van der Waals surface area contributed by atoms with Crippen LogP contribution in [0.15, 0.2) is 72.4 Å². The van der Waals surface area contributed by atoms with Crippen LogP contribution in [-0.2, 0) is 16.1 Å². The van der Waals surface area contributed by atoms with Crippen molar-refractivity contribution in [2.75, 3.05) is 6.61 Å². The van der Waals surface area contributed by atoms with Gasteiger partial charge in [-0.1, -0.05) is 47.5 Å². The van der Waals surface area contributed by atoms with Crippen molar-refractivity contribution in [2.24, 2.45) is 0 Å². The van der Waals surface area contributed by atoms with Crippen molar-refractivity contribution in [2.45, 2.75) is 26.4 Å². The summed E-state index contributed by atoms with van der Waals surface area (Å²) in [5.74, 6) is -1.31. The van der Waals surface area contributed by atoms with Crippen LogP contribution >= 0.6 is 11.6 Å². The van der Waals surface area contributed by atoms with Crippen LogP contribution in [0.1, 0.15) is 35.3 Å². The molecule has 7 heteroatoms. The summed E-state index contributed by atoms with van der Waals surface area (Å²) in [5, 5.41) is 11.5. The van der Waals surface area contributed by atoms with Crippen LogP contribution < -0.4 is 4.74 Å². The molecule has 2 aromatic carbocycles. The maximum atomic E-state index is 13.2. The molecule has 1 amide bonds. The number of carbonyl (C=O) groups is 2. The van der Waals surface area contributed by atoms with Gasteiger partial charge in [0.05, 0.1) is 35.5 Å². The summed E-state index contributed by atoms with van der Waals surface area (Å²) in [7, 11) is 0. The Balaban J connectivity index is 1.89. The van der Waals surface area contributed by atoms with Gasteiger partial charge in [-0.2, -0.15) is 0 Å². The maximum absolute atomic E-state index is 13.2. The molecule has 0 saturated carbocycles. The summed E-state index contributed by atoms with van der Waals surface area (Å²) in [4.78, 5) is 32.1. The largest absolute Gasteiger partial charge is 0.507 e. The molecular weight excluding hydrogens is 440 g/mol. The van der Waals surface area contributed by atoms with E-state index in [1.807, 2.05) is 44.2 Å². The van der Waals surface area contributed by atoms with Gasteiger partial charge < -0.3 is 14.7 Å². The first kappa shape index (κ1) is 22.6. The van der Waals surface area contributed by atoms with E-state index in [1.54, 1.807) is 36.5 Å². The van der Waals surface area contributed by atoms with Gasteiger partial charge >= 0.3 is 0 Å². The summed E-state index contributed by atoms with van der Waals surface area (Å²) in [6, 6.07) is 16.9. The lowest BCUT2D eigenvalue weighted by Gasteiger charge is -2.25. The number of aliphatic hydroxyl groups is 1. The predicted octanol–water partition coefficient (Wildman–Crippen LogP) is 5.06. The van der Waals surface area contributed by atoms with Crippen LogP contribution in [0, 0.1) is 6.92 Å². The number of ketones is 1. The van der Waals surface area contributed by atoms with Gasteiger partial charge in [-0.3, -0.25) is 14.6 Å². The summed E-state index contributed by atoms with van der Waals surface area (Å²) < 4.78 is 5.53. The van der Waals surface area contributed by atoms with Crippen molar-refractivity contribution in [1.29, 1.82) is 0 Å². The molecule has 1 saturated heterocycles. The van der Waals surface area contributed by atoms with E-state index in [4.69, 9.17) is 16.3 Å². The van der Waals surface area contributed by atoms with E-state index in [9.17, 15) is 14.7 Å². The third kappa shape index (κ3) is 4.47. The van der Waals surface area contributed by atoms with Gasteiger partial charge in [0.1, 0.15) is 11.5 Å². The lowest BCUT2D eigenvalue weighted by molar-refractivity contribution is -0.140. The van der Waals surface area contributed by atoms with E-state index in [0.717, 1.165) is 5.56 Å². The van der Waals surface area contributed by atoms with E-state index >= 15 is 0 Å². The number of aryl methyl sites for hydroxylation is 1. The highest BCUT2D eigenvalue weighted by Gasteiger charge is 2.46. The van der Waals surface area contributed by atoms with Crippen molar-refractivity contribution < 1.29 is 19.4 Å². The minimum absolute atomic E-state index is 0.0166. The number of rotatable bonds is 6. The topological polar surface area (TPSA) is 79.7 Å². The minimum atomic E-state index is -0.793. The molecule has 1 atom stereocenters. The number of ether oxygens (including phenoxy) is 1. The number of nitrogens with zero attached hydrogens (tertiary/aromatic N) is 2. The van der Waals surface area contributed by atoms with Gasteiger partial charge in [-0.15, -0.1) is 0 Å². The monoisotopic (exact) mass is 462 g/mol. The molecule has 33 heavy (non-hydrogen) atoms. The lowest BCUT2D eigenvalue weighted by Crippen LogP contribution is -2.29. The van der Waals surface area contributed by atoms with Gasteiger partial charge in [-0.05, 0) is 49.7 Å². The van der Waals surface area contributed by atoms with E-state index < -0.39 is 17.7 Å². The van der Waals surface area contributed by atoms with E-state index in [-0.39, 0.29) is 28.5 Å². The molecule has 0 spiro atoms. The average molecular weight is 463 g/mol. The Morgan fingerprint density at radius 3 is 2.64 bits per heavy atom. The van der Waals surface area contributed by atoms with Gasteiger partial charge in [0.2, 0.25) is 0 Å². The fraction of sp³-hybridized carbons (Fsp3) is 0.192. The Morgan fingerprint density at radius 1 is 1.12 bits per heavy atom. The van der Waals surface area contributed by atoms with Gasteiger partial charge in [-0.25, -0.2) is 0 Å². The average Bonchev–Trinajstić information content (AvgIpc) is 3.06. The first-order valence-corrected chi connectivity index (χ1v) is 11.0. The van der Waals surface area contributed by atoms with Crippen LogP contribution in [-0.4, -0.2) is 33.3 Å². The number of hydrogen-bond donors (Lipinski definition) is 1. The Labute approximate surface area is 197 Å². The molecule has 1 aliphatic heterocycles. The number of Topliss-reactive ketones (excluding diaryl/α,β-unsaturated/α-hetero) is 1. The summed E-state index contributed by atoms with van der Waals surface area (Å²) in [5.41, 5.74) is 2.53. The standard InChI is InChI=1S/C26H23ClN2O4/c1-3-33-19-10-11-21(27)20(14-19)24(30)22-23(17-8-6-7-16(2)13-17)29(26(32)25(22)31)15-18-9-4-5-12-28-18/h4-14,23,30H,3,15H2,1-2H3/b24-22+. The fourth-order valence-electron chi connectivity index (χ4n) is 3.98. The number of benzene rings is 2. The van der Waals surface area contributed by atoms with Crippen molar-refractivity contribution in [1.82, 2.24) is 9.88 Å². The number of pyridine rings is 1. The smallest absolute Gasteiger partial charge is 0.296 e. The van der Waals surface area contributed by atoms with Gasteiger partial charge in [0.25, 0.3) is 11.7 Å². The molecule has 1 aromatic heterocycles. The first-order valence-electron chi connectivity index (χ1n) is 10.6. The van der Waals surface area contributed by atoms with Crippen molar-refractivity contribution >= 4 is 29.1 Å². The van der Waals surface area contributed by atoms with Gasteiger partial charge in [0.15, 0.2) is 0 Å². The second kappa shape index (κ2) is 9.46. The molecule has 168 valence electrons. The number of aromatic nitrogens is 1. The van der Waals surface area contributed by atoms with E-state index in [1.165, 1.54) is 4.90 Å². The van der Waals surface area contributed by atoms with Crippen LogP contribution in [0.3, 0.4) is 0 Å². The summed E-state index contributed by atoms with van der Waals surface area (Å²) in [6.07, 6.45) is 1.63. The lowest BCUT2D eigenvalue weighted by atomic mass is 9.94. The number of halogens is 1. The number of carbonyl (C=O) groups excluding carboxylic acids is 2. The predicted molar refractivity (Wildman–Crippen MR) is 126 cm³/mol. The Kier molecular flexibility index (Phi) is 6.47. The molecule has 4 rings (SSSR count). The molecule has 1 unspecified atom stereocenters. The van der Waals surface area contributed by atoms with E-state index in [0.29, 0.717) is 23.6 Å². The highest BCUT2D eigenvalue weighted by molar-refractivity contribution is 6.47. The molecule has 1 N–H and O–H groups in total. The van der Waals surface area contributed by atoms with Crippen LogP contribution in [0.4, 0.5) is 0 Å². The maximum Gasteiger partial charge on any atom is 0.296 e. The normalized spacial score (nSPS) is 17.4. The van der Waals surface area contributed by atoms with Crippen LogP contribution in [0.2, 0.25) is 5.02 Å². The fourth-order valence-corrected chi connectivity index (χ4v) is 4.19. The third-order valence-electron chi connectivity index (χ3n) is 5.46. The highest BCUT2D eigenvalue weighted by Crippen LogP contribution is 2.41. The quantitative estimate of drug-likeness (QED) is 0.314. The second-order valence-electron chi connectivity index (χ2n) is 7.74. The Bertz CT molecular complexity index is 1240. The zero-order valence-electron chi connectivity index (χ0n) is 18.3. The Hall–Kier alpha value is -3.64. The van der Waals surface area contributed by atoms with Crippen molar-refractivity contribution in [3.05, 3.63) is 99.8 Å². The molecule has 6 nitrogen and oxygen atoms in total. The first-order chi connectivity index (χ1) is 15.9. The molecule has 1 aliphatic rings. The van der Waals surface area contributed by atoms with Crippen LogP contribution in [0.5, 0.6) is 5.75 Å². The number of aliphatic hydroxyl groups excluding tert-OH is 1. The molecule has 1 fully saturated rings. The number of likely N-dealkylation sites (tertiary alicyclic amines) is 1. The van der Waals surface area contributed by atoms with Gasteiger partial charge in [0, 0.05) is 11.8 Å². The summed E-state index contributed by atoms with van der Waals surface area (Å²) >= 11 is 6.37.